The monoisotopic (exact) mass is 469 g/mol. The molecule has 0 spiro atoms. The van der Waals surface area contributed by atoms with Gasteiger partial charge in [-0.3, -0.25) is 4.79 Å². The molecule has 1 aliphatic rings. The molecule has 34 heavy (non-hydrogen) atoms. The lowest BCUT2D eigenvalue weighted by Crippen LogP contribution is -2.29. The molecule has 1 fully saturated rings. The lowest BCUT2D eigenvalue weighted by Gasteiger charge is -2.30. The van der Waals surface area contributed by atoms with E-state index in [-0.39, 0.29) is 46.0 Å². The molecule has 0 aliphatic heterocycles. The Bertz CT molecular complexity index is 1350. The van der Waals surface area contributed by atoms with E-state index < -0.39 is 17.5 Å². The van der Waals surface area contributed by atoms with Crippen molar-refractivity contribution >= 4 is 22.5 Å². The molecule has 3 aromatic heterocycles. The minimum absolute atomic E-state index is 0.0298. The first-order valence-electron chi connectivity index (χ1n) is 11.0. The van der Waals surface area contributed by atoms with Crippen molar-refractivity contribution < 1.29 is 18.0 Å². The summed E-state index contributed by atoms with van der Waals surface area (Å²) in [5, 5.41) is 13.4. The van der Waals surface area contributed by atoms with Crippen LogP contribution in [0, 0.1) is 30.3 Å². The van der Waals surface area contributed by atoms with Gasteiger partial charge in [-0.05, 0) is 38.2 Å². The minimum Gasteiger partial charge on any atom is -0.365 e. The van der Waals surface area contributed by atoms with Gasteiger partial charge >= 0.3 is 0 Å². The highest BCUT2D eigenvalue weighted by atomic mass is 19.1. The van der Waals surface area contributed by atoms with E-state index in [1.165, 1.54) is 25.4 Å². The average Bonchev–Trinajstić information content (AvgIpc) is 3.47. The third-order valence-electron chi connectivity index (χ3n) is 6.26. The molecule has 0 amide bonds. The Kier molecular flexibility index (Phi) is 5.76. The molecule has 176 valence electrons. The van der Waals surface area contributed by atoms with Crippen LogP contribution >= 0.6 is 0 Å². The van der Waals surface area contributed by atoms with Crippen molar-refractivity contribution in [1.82, 2.24) is 30.4 Å². The van der Waals surface area contributed by atoms with Crippen LogP contribution in [-0.4, -0.2) is 42.2 Å². The molecule has 1 aromatic carbocycles. The van der Waals surface area contributed by atoms with Gasteiger partial charge < -0.3 is 10.3 Å². The maximum absolute atomic E-state index is 14.9. The Hall–Kier alpha value is -3.76. The second kappa shape index (κ2) is 8.88. The van der Waals surface area contributed by atoms with Gasteiger partial charge in [-0.1, -0.05) is 6.42 Å². The van der Waals surface area contributed by atoms with Gasteiger partial charge in [-0.25, -0.2) is 23.1 Å². The van der Waals surface area contributed by atoms with E-state index in [4.69, 9.17) is 0 Å². The number of hydrogen-bond donors (Lipinski definition) is 3. The predicted octanol–water partition coefficient (Wildman–Crippen LogP) is 4.71. The van der Waals surface area contributed by atoms with Gasteiger partial charge in [0.05, 0.1) is 17.4 Å². The van der Waals surface area contributed by atoms with Crippen LogP contribution in [0.2, 0.25) is 0 Å². The fraction of sp³-hybridized carbons (Fsp3) is 0.348. The summed E-state index contributed by atoms with van der Waals surface area (Å²) in [5.41, 5.74) is 0.929. The van der Waals surface area contributed by atoms with Gasteiger partial charge in [0.25, 0.3) is 0 Å². The number of anilines is 1. The number of aromatic nitrogens is 6. The molecule has 0 unspecified atom stereocenters. The highest BCUT2D eigenvalue weighted by Gasteiger charge is 2.27. The van der Waals surface area contributed by atoms with Crippen molar-refractivity contribution in [2.45, 2.75) is 45.1 Å². The molecule has 8 nitrogen and oxygen atoms in total. The van der Waals surface area contributed by atoms with Crippen molar-refractivity contribution in [1.29, 1.82) is 0 Å². The van der Waals surface area contributed by atoms with Crippen molar-refractivity contribution in [2.75, 3.05) is 5.32 Å². The number of aromatic amines is 2. The Balaban J connectivity index is 1.38. The van der Waals surface area contributed by atoms with E-state index >= 15 is 0 Å². The number of hydrogen-bond acceptors (Lipinski definition) is 6. The minimum atomic E-state index is -0.730. The first kappa shape index (κ1) is 22.1. The van der Waals surface area contributed by atoms with E-state index in [2.05, 4.69) is 35.7 Å². The summed E-state index contributed by atoms with van der Waals surface area (Å²) in [4.78, 5) is 23.7. The van der Waals surface area contributed by atoms with Crippen molar-refractivity contribution in [3.63, 3.8) is 0 Å². The zero-order valence-electron chi connectivity index (χ0n) is 18.3. The third kappa shape index (κ3) is 4.25. The van der Waals surface area contributed by atoms with Gasteiger partial charge in [-0.15, -0.1) is 0 Å². The van der Waals surface area contributed by atoms with Crippen LogP contribution in [0.5, 0.6) is 0 Å². The summed E-state index contributed by atoms with van der Waals surface area (Å²) in [7, 11) is 0. The number of Topliss-reactive ketones (excluding diaryl/α,β-unsaturated/α-hetero) is 1. The molecule has 5 rings (SSSR count). The number of halogens is 3. The zero-order valence-corrected chi connectivity index (χ0v) is 18.3. The molecule has 2 atom stereocenters. The van der Waals surface area contributed by atoms with Crippen LogP contribution < -0.4 is 5.32 Å². The molecule has 0 saturated heterocycles. The molecule has 3 N–H and O–H groups in total. The first-order chi connectivity index (χ1) is 16.4. The molecule has 1 aliphatic carbocycles. The molecular weight excluding hydrogens is 447 g/mol. The van der Waals surface area contributed by atoms with Gasteiger partial charge in [0.2, 0.25) is 0 Å². The summed E-state index contributed by atoms with van der Waals surface area (Å²) in [6, 6.07) is 1.90. The molecule has 1 saturated carbocycles. The number of nitrogens with zero attached hydrogens (tertiary/aromatic N) is 4. The number of aryl methyl sites for hydroxylation is 1. The van der Waals surface area contributed by atoms with Crippen LogP contribution in [0.1, 0.15) is 48.3 Å². The van der Waals surface area contributed by atoms with Gasteiger partial charge in [0, 0.05) is 35.7 Å². The maximum atomic E-state index is 14.9. The SMILES string of the molecule is Cc1nc(-c2c[nH]c3c(F)cc(F)cc23)nc(N[C@H]2CCC[C@@H](CC(=O)c3cn[nH]n3)C2)c1F. The van der Waals surface area contributed by atoms with Crippen LogP contribution in [0.15, 0.2) is 24.5 Å². The molecule has 3 heterocycles. The Morgan fingerprint density at radius 3 is 2.85 bits per heavy atom. The fourth-order valence-corrected chi connectivity index (χ4v) is 4.62. The van der Waals surface area contributed by atoms with E-state index in [0.29, 0.717) is 24.1 Å². The number of H-pyrrole nitrogens is 2. The molecule has 0 bridgehead atoms. The van der Waals surface area contributed by atoms with E-state index in [0.717, 1.165) is 25.3 Å². The Labute approximate surface area is 192 Å². The van der Waals surface area contributed by atoms with Crippen molar-refractivity contribution in [3.8, 4) is 11.4 Å². The summed E-state index contributed by atoms with van der Waals surface area (Å²) in [5.74, 6) is -1.80. The predicted molar refractivity (Wildman–Crippen MR) is 119 cm³/mol. The second-order valence-electron chi connectivity index (χ2n) is 8.66. The standard InChI is InChI=1S/C23H22F3N7O/c1-11-20(26)23(30-14-4-2-3-12(5-14)6-19(34)18-10-28-33-32-18)31-22(29-11)16-9-27-21-15(16)7-13(24)8-17(21)25/h7-10,12,14,27H,2-6H2,1H3,(H,28,32,33)(H,29,30,31)/t12-,14+/m1/s1. The number of nitrogens with one attached hydrogen (secondary N) is 3. The summed E-state index contributed by atoms with van der Waals surface area (Å²) < 4.78 is 42.9. The number of benzene rings is 1. The number of ketones is 1. The Morgan fingerprint density at radius 1 is 1.21 bits per heavy atom. The van der Waals surface area contributed by atoms with Crippen LogP contribution in [0.4, 0.5) is 19.0 Å². The van der Waals surface area contributed by atoms with E-state index in [1.807, 2.05) is 0 Å². The van der Waals surface area contributed by atoms with Crippen LogP contribution in [0.25, 0.3) is 22.3 Å². The summed E-state index contributed by atoms with van der Waals surface area (Å²) in [6.07, 6.45) is 6.48. The highest BCUT2D eigenvalue weighted by Crippen LogP contribution is 2.33. The number of rotatable bonds is 6. The highest BCUT2D eigenvalue weighted by molar-refractivity contribution is 5.94. The lowest BCUT2D eigenvalue weighted by molar-refractivity contribution is 0.0943. The topological polar surface area (TPSA) is 112 Å². The van der Waals surface area contributed by atoms with Crippen molar-refractivity contribution in [2.24, 2.45) is 5.92 Å². The molecule has 11 heteroatoms. The number of carbonyl (C=O) groups is 1. The van der Waals surface area contributed by atoms with Gasteiger partial charge in [-0.2, -0.15) is 15.4 Å². The maximum Gasteiger partial charge on any atom is 0.186 e. The van der Waals surface area contributed by atoms with E-state index in [9.17, 15) is 18.0 Å². The van der Waals surface area contributed by atoms with Crippen LogP contribution in [0.3, 0.4) is 0 Å². The molecular formula is C23H22F3N7O. The van der Waals surface area contributed by atoms with E-state index in [1.54, 1.807) is 0 Å². The smallest absolute Gasteiger partial charge is 0.186 e. The normalized spacial score (nSPS) is 18.4. The van der Waals surface area contributed by atoms with Crippen LogP contribution in [-0.2, 0) is 0 Å². The zero-order chi connectivity index (χ0) is 23.8. The van der Waals surface area contributed by atoms with Crippen molar-refractivity contribution in [3.05, 3.63) is 53.4 Å². The first-order valence-corrected chi connectivity index (χ1v) is 11.0. The lowest BCUT2D eigenvalue weighted by atomic mass is 9.82. The quantitative estimate of drug-likeness (QED) is 0.353. The number of fused-ring (bicyclic) bond motifs is 1. The summed E-state index contributed by atoms with van der Waals surface area (Å²) in [6.45, 7) is 1.52. The second-order valence-corrected chi connectivity index (χ2v) is 8.66. The van der Waals surface area contributed by atoms with Gasteiger partial charge in [0.1, 0.15) is 17.3 Å². The molecule has 4 aromatic rings. The number of carbonyl (C=O) groups excluding carboxylic acids is 1. The average molecular weight is 469 g/mol. The Morgan fingerprint density at radius 2 is 2.06 bits per heavy atom. The fourth-order valence-electron chi connectivity index (χ4n) is 4.62. The van der Waals surface area contributed by atoms with Gasteiger partial charge in [0.15, 0.2) is 23.2 Å². The summed E-state index contributed by atoms with van der Waals surface area (Å²) >= 11 is 0. The third-order valence-corrected chi connectivity index (χ3v) is 6.26. The largest absolute Gasteiger partial charge is 0.365 e. The molecule has 0 radical (unpaired) electrons.